The van der Waals surface area contributed by atoms with Crippen LogP contribution in [0.1, 0.15) is 22.8 Å². The van der Waals surface area contributed by atoms with E-state index in [0.29, 0.717) is 16.8 Å². The Bertz CT molecular complexity index is 986. The lowest BCUT2D eigenvalue weighted by Gasteiger charge is -2.11. The second kappa shape index (κ2) is 9.85. The highest BCUT2D eigenvalue weighted by atomic mass is 16.5. The van der Waals surface area contributed by atoms with Gasteiger partial charge in [0, 0.05) is 31.0 Å². The fraction of sp³-hybridized carbons (Fsp3) is 0.182. The lowest BCUT2D eigenvalue weighted by molar-refractivity contribution is -0.142. The summed E-state index contributed by atoms with van der Waals surface area (Å²) in [6.07, 6.45) is 1.40. The molecule has 1 amide bonds. The molecule has 0 spiro atoms. The predicted octanol–water partition coefficient (Wildman–Crippen LogP) is 3.04. The monoisotopic (exact) mass is 391 g/mol. The van der Waals surface area contributed by atoms with Crippen LogP contribution in [0.3, 0.4) is 0 Å². The first-order chi connectivity index (χ1) is 13.8. The number of amides is 1. The summed E-state index contributed by atoms with van der Waals surface area (Å²) in [4.78, 5) is 37.4. The van der Waals surface area contributed by atoms with Gasteiger partial charge in [-0.25, -0.2) is 4.79 Å². The summed E-state index contributed by atoms with van der Waals surface area (Å²) in [5.41, 5.74) is 2.29. The quantitative estimate of drug-likeness (QED) is 0.337. The highest BCUT2D eigenvalue weighted by molar-refractivity contribution is 6.00. The average molecular weight is 391 g/mol. The van der Waals surface area contributed by atoms with Gasteiger partial charge < -0.3 is 15.0 Å². The number of nitrogens with one attached hydrogen (secondary N) is 1. The van der Waals surface area contributed by atoms with Crippen molar-refractivity contribution in [2.45, 2.75) is 6.92 Å². The smallest absolute Gasteiger partial charge is 0.349 e. The Labute approximate surface area is 169 Å². The summed E-state index contributed by atoms with van der Waals surface area (Å²) in [6.45, 7) is 0.869. The van der Waals surface area contributed by atoms with Crippen LogP contribution < -0.4 is 10.2 Å². The van der Waals surface area contributed by atoms with Gasteiger partial charge in [-0.05, 0) is 42.8 Å². The maximum absolute atomic E-state index is 12.1. The van der Waals surface area contributed by atoms with Crippen molar-refractivity contribution in [3.05, 3.63) is 65.2 Å². The van der Waals surface area contributed by atoms with E-state index in [9.17, 15) is 19.6 Å². The number of ether oxygens (including phenoxy) is 1. The number of hydrogen-bond acceptors (Lipinski definition) is 6. The number of carbonyl (C=O) groups excluding carboxylic acids is 3. The molecule has 148 valence electrons. The van der Waals surface area contributed by atoms with Gasteiger partial charge in [0.1, 0.15) is 11.6 Å². The fourth-order valence-corrected chi connectivity index (χ4v) is 2.39. The number of hydrogen-bond donors (Lipinski definition) is 1. The Hall–Kier alpha value is -3.92. The molecule has 0 aliphatic rings. The number of nitriles is 1. The summed E-state index contributed by atoms with van der Waals surface area (Å²) < 4.78 is 4.92. The SMILES string of the molecule is CC(=O)c1cccc(NC(=O)COC(=O)/C(C#N)=C/c2ccc(N(C)C)cc2)c1. The molecule has 0 fully saturated rings. The molecule has 0 aliphatic carbocycles. The third-order valence-corrected chi connectivity index (χ3v) is 3.95. The molecule has 0 bridgehead atoms. The van der Waals surface area contributed by atoms with Crippen LogP contribution in [-0.4, -0.2) is 38.4 Å². The van der Waals surface area contributed by atoms with Crippen LogP contribution in [0.5, 0.6) is 0 Å². The molecule has 0 unspecified atom stereocenters. The lowest BCUT2D eigenvalue weighted by atomic mass is 10.1. The van der Waals surface area contributed by atoms with Crippen molar-refractivity contribution in [1.29, 1.82) is 5.26 Å². The third-order valence-electron chi connectivity index (χ3n) is 3.95. The Morgan fingerprint density at radius 2 is 1.83 bits per heavy atom. The van der Waals surface area contributed by atoms with Gasteiger partial charge in [-0.1, -0.05) is 24.3 Å². The van der Waals surface area contributed by atoms with Gasteiger partial charge in [0.2, 0.25) is 0 Å². The second-order valence-corrected chi connectivity index (χ2v) is 6.42. The molecule has 0 heterocycles. The van der Waals surface area contributed by atoms with E-state index in [1.807, 2.05) is 31.1 Å². The van der Waals surface area contributed by atoms with E-state index in [-0.39, 0.29) is 11.4 Å². The van der Waals surface area contributed by atoms with Crippen molar-refractivity contribution in [3.63, 3.8) is 0 Å². The first kappa shape index (κ1) is 21.4. The van der Waals surface area contributed by atoms with Crippen LogP contribution >= 0.6 is 0 Å². The van der Waals surface area contributed by atoms with E-state index in [2.05, 4.69) is 5.32 Å². The molecule has 0 saturated heterocycles. The summed E-state index contributed by atoms with van der Waals surface area (Å²) in [5.74, 6) is -1.60. The molecule has 0 aromatic heterocycles. The molecule has 7 heteroatoms. The van der Waals surface area contributed by atoms with Crippen LogP contribution in [0, 0.1) is 11.3 Å². The fourth-order valence-electron chi connectivity index (χ4n) is 2.39. The van der Waals surface area contributed by atoms with Crippen molar-refractivity contribution in [3.8, 4) is 6.07 Å². The molecule has 0 radical (unpaired) electrons. The number of ketones is 1. The number of anilines is 2. The zero-order chi connectivity index (χ0) is 21.4. The average Bonchev–Trinajstić information content (AvgIpc) is 2.70. The minimum atomic E-state index is -0.892. The zero-order valence-corrected chi connectivity index (χ0v) is 16.4. The Morgan fingerprint density at radius 3 is 2.41 bits per heavy atom. The van der Waals surface area contributed by atoms with Crippen molar-refractivity contribution < 1.29 is 19.1 Å². The number of nitrogens with zero attached hydrogens (tertiary/aromatic N) is 2. The van der Waals surface area contributed by atoms with Crippen molar-refractivity contribution >= 4 is 35.1 Å². The van der Waals surface area contributed by atoms with Gasteiger partial charge in [-0.2, -0.15) is 5.26 Å². The Morgan fingerprint density at radius 1 is 1.14 bits per heavy atom. The molecule has 0 atom stereocenters. The Kier molecular flexibility index (Phi) is 7.26. The standard InChI is InChI=1S/C22H21N3O4/c1-15(26)17-5-4-6-19(12-17)24-21(27)14-29-22(28)18(13-23)11-16-7-9-20(10-8-16)25(2)3/h4-12H,14H2,1-3H3,(H,24,27)/b18-11+. The van der Waals surface area contributed by atoms with E-state index in [1.54, 1.807) is 36.4 Å². The van der Waals surface area contributed by atoms with E-state index in [1.165, 1.54) is 19.1 Å². The number of carbonyl (C=O) groups is 3. The minimum absolute atomic E-state index is 0.130. The summed E-state index contributed by atoms with van der Waals surface area (Å²) in [6, 6.07) is 15.5. The summed E-state index contributed by atoms with van der Waals surface area (Å²) >= 11 is 0. The van der Waals surface area contributed by atoms with Crippen LogP contribution in [0.25, 0.3) is 6.08 Å². The lowest BCUT2D eigenvalue weighted by Crippen LogP contribution is -2.21. The van der Waals surface area contributed by atoms with Gasteiger partial charge in [-0.15, -0.1) is 0 Å². The summed E-state index contributed by atoms with van der Waals surface area (Å²) in [5, 5.41) is 11.8. The Balaban J connectivity index is 1.97. The van der Waals surface area contributed by atoms with E-state index >= 15 is 0 Å². The largest absolute Gasteiger partial charge is 0.451 e. The predicted molar refractivity (Wildman–Crippen MR) is 110 cm³/mol. The first-order valence-electron chi connectivity index (χ1n) is 8.77. The van der Waals surface area contributed by atoms with Gasteiger partial charge in [0.15, 0.2) is 12.4 Å². The molecular weight excluding hydrogens is 370 g/mol. The molecule has 1 N–H and O–H groups in total. The van der Waals surface area contributed by atoms with Crippen molar-refractivity contribution in [2.75, 3.05) is 30.9 Å². The van der Waals surface area contributed by atoms with Crippen LogP contribution in [0.2, 0.25) is 0 Å². The van der Waals surface area contributed by atoms with Crippen LogP contribution in [0.15, 0.2) is 54.1 Å². The van der Waals surface area contributed by atoms with E-state index in [0.717, 1.165) is 5.69 Å². The van der Waals surface area contributed by atoms with Gasteiger partial charge in [0.25, 0.3) is 5.91 Å². The third kappa shape index (κ3) is 6.33. The normalized spacial score (nSPS) is 10.6. The topological polar surface area (TPSA) is 99.5 Å². The molecule has 2 aromatic carbocycles. The molecule has 29 heavy (non-hydrogen) atoms. The highest BCUT2D eigenvalue weighted by Gasteiger charge is 2.14. The molecule has 0 saturated carbocycles. The van der Waals surface area contributed by atoms with Gasteiger partial charge in [-0.3, -0.25) is 9.59 Å². The number of rotatable bonds is 7. The maximum Gasteiger partial charge on any atom is 0.349 e. The molecule has 2 aromatic rings. The van der Waals surface area contributed by atoms with Crippen LogP contribution in [0.4, 0.5) is 11.4 Å². The number of benzene rings is 2. The van der Waals surface area contributed by atoms with E-state index < -0.39 is 18.5 Å². The first-order valence-corrected chi connectivity index (χ1v) is 8.77. The minimum Gasteiger partial charge on any atom is -0.451 e. The number of Topliss-reactive ketones (excluding diaryl/α,β-unsaturated/α-hetero) is 1. The van der Waals surface area contributed by atoms with Crippen molar-refractivity contribution in [2.24, 2.45) is 0 Å². The van der Waals surface area contributed by atoms with Gasteiger partial charge in [0.05, 0.1) is 0 Å². The number of esters is 1. The van der Waals surface area contributed by atoms with Crippen molar-refractivity contribution in [1.82, 2.24) is 0 Å². The molecular formula is C22H21N3O4. The van der Waals surface area contributed by atoms with Crippen LogP contribution in [-0.2, 0) is 14.3 Å². The van der Waals surface area contributed by atoms with E-state index in [4.69, 9.17) is 4.74 Å². The maximum atomic E-state index is 12.1. The second-order valence-electron chi connectivity index (χ2n) is 6.42. The van der Waals surface area contributed by atoms with Gasteiger partial charge >= 0.3 is 5.97 Å². The zero-order valence-electron chi connectivity index (χ0n) is 16.4. The molecule has 7 nitrogen and oxygen atoms in total. The molecule has 0 aliphatic heterocycles. The molecule has 2 rings (SSSR count). The highest BCUT2D eigenvalue weighted by Crippen LogP contribution is 2.15. The summed E-state index contributed by atoms with van der Waals surface area (Å²) in [7, 11) is 3.81.